The van der Waals surface area contributed by atoms with Crippen molar-refractivity contribution in [3.8, 4) is 6.07 Å². The SMILES string of the molecule is CC(OC(=O)c1ccc(S(N)(=O)=O)cc1)C(=O)NC1(C#N)CCCCC1. The molecule has 1 aliphatic carbocycles. The first-order chi connectivity index (χ1) is 12.2. The Balaban J connectivity index is 2.00. The Kier molecular flexibility index (Phi) is 6.00. The third-order valence-corrected chi connectivity index (χ3v) is 5.28. The number of nitrogens with zero attached hydrogens (tertiary/aromatic N) is 1. The highest BCUT2D eigenvalue weighted by atomic mass is 32.2. The van der Waals surface area contributed by atoms with Gasteiger partial charge in [0.1, 0.15) is 5.54 Å². The van der Waals surface area contributed by atoms with Crippen LogP contribution in [0.4, 0.5) is 0 Å². The van der Waals surface area contributed by atoms with Gasteiger partial charge in [-0.3, -0.25) is 4.79 Å². The summed E-state index contributed by atoms with van der Waals surface area (Å²) in [6, 6.07) is 7.04. The Morgan fingerprint density at radius 1 is 1.23 bits per heavy atom. The van der Waals surface area contributed by atoms with Crippen molar-refractivity contribution in [3.63, 3.8) is 0 Å². The molecule has 8 nitrogen and oxygen atoms in total. The molecule has 1 atom stereocenters. The molecule has 140 valence electrons. The van der Waals surface area contributed by atoms with Crippen LogP contribution in [0, 0.1) is 11.3 Å². The first-order valence-corrected chi connectivity index (χ1v) is 9.79. The number of primary sulfonamides is 1. The summed E-state index contributed by atoms with van der Waals surface area (Å²) in [6.07, 6.45) is 2.80. The molecule has 3 N–H and O–H groups in total. The molecule has 0 aromatic heterocycles. The minimum atomic E-state index is -3.85. The van der Waals surface area contributed by atoms with Gasteiger partial charge in [-0.25, -0.2) is 18.4 Å². The first kappa shape index (κ1) is 19.9. The molecule has 0 bridgehead atoms. The maximum atomic E-state index is 12.3. The van der Waals surface area contributed by atoms with E-state index in [1.807, 2.05) is 0 Å². The lowest BCUT2D eigenvalue weighted by Crippen LogP contribution is -2.52. The second kappa shape index (κ2) is 7.85. The van der Waals surface area contributed by atoms with E-state index in [1.165, 1.54) is 31.2 Å². The van der Waals surface area contributed by atoms with Gasteiger partial charge in [-0.1, -0.05) is 19.3 Å². The summed E-state index contributed by atoms with van der Waals surface area (Å²) in [5.74, 6) is -1.31. The number of benzene rings is 1. The summed E-state index contributed by atoms with van der Waals surface area (Å²) in [7, 11) is -3.85. The van der Waals surface area contributed by atoms with Gasteiger partial charge in [-0.15, -0.1) is 0 Å². The van der Waals surface area contributed by atoms with Crippen LogP contribution in [-0.2, 0) is 19.6 Å². The molecule has 2 rings (SSSR count). The molecule has 1 unspecified atom stereocenters. The number of ether oxygens (including phenoxy) is 1. The number of amides is 1. The van der Waals surface area contributed by atoms with Crippen LogP contribution < -0.4 is 10.5 Å². The monoisotopic (exact) mass is 379 g/mol. The van der Waals surface area contributed by atoms with E-state index in [2.05, 4.69) is 11.4 Å². The highest BCUT2D eigenvalue weighted by Gasteiger charge is 2.35. The fourth-order valence-corrected chi connectivity index (χ4v) is 3.34. The standard InChI is InChI=1S/C17H21N3O5S/c1-12(15(21)20-17(11-18)9-3-2-4-10-17)25-16(22)13-5-7-14(8-6-13)26(19,23)24/h5-8,12H,2-4,9-10H2,1H3,(H,20,21)(H2,19,23,24). The predicted octanol–water partition coefficient (Wildman–Crippen LogP) is 1.22. The molecule has 0 aliphatic heterocycles. The number of carbonyl (C=O) groups excluding carboxylic acids is 2. The summed E-state index contributed by atoms with van der Waals surface area (Å²) in [6.45, 7) is 1.42. The zero-order chi connectivity index (χ0) is 19.4. The van der Waals surface area contributed by atoms with Crippen molar-refractivity contribution in [1.29, 1.82) is 5.26 Å². The molecule has 1 amide bonds. The summed E-state index contributed by atoms with van der Waals surface area (Å²) in [5.41, 5.74) is -0.822. The molecule has 0 radical (unpaired) electrons. The number of hydrogen-bond donors (Lipinski definition) is 2. The molecular formula is C17H21N3O5S. The van der Waals surface area contributed by atoms with Crippen molar-refractivity contribution in [2.24, 2.45) is 5.14 Å². The van der Waals surface area contributed by atoms with Gasteiger partial charge in [0.05, 0.1) is 16.5 Å². The van der Waals surface area contributed by atoms with Crippen molar-refractivity contribution in [1.82, 2.24) is 5.32 Å². The molecule has 9 heteroatoms. The fraction of sp³-hybridized carbons (Fsp3) is 0.471. The largest absolute Gasteiger partial charge is 0.449 e. The highest BCUT2D eigenvalue weighted by Crippen LogP contribution is 2.27. The van der Waals surface area contributed by atoms with Crippen LogP contribution in [0.5, 0.6) is 0 Å². The van der Waals surface area contributed by atoms with Crippen LogP contribution in [-0.4, -0.2) is 31.9 Å². The highest BCUT2D eigenvalue weighted by molar-refractivity contribution is 7.89. The van der Waals surface area contributed by atoms with Gasteiger partial charge >= 0.3 is 5.97 Å². The van der Waals surface area contributed by atoms with Crippen LogP contribution in [0.2, 0.25) is 0 Å². The third kappa shape index (κ3) is 4.80. The molecule has 0 heterocycles. The van der Waals surface area contributed by atoms with Gasteiger partial charge in [-0.05, 0) is 44.0 Å². The van der Waals surface area contributed by atoms with Gasteiger partial charge in [0.25, 0.3) is 5.91 Å². The Morgan fingerprint density at radius 2 is 1.81 bits per heavy atom. The minimum absolute atomic E-state index is 0.0877. The summed E-state index contributed by atoms with van der Waals surface area (Å²) < 4.78 is 27.5. The number of sulfonamides is 1. The Labute approximate surface area is 152 Å². The van der Waals surface area contributed by atoms with Crippen LogP contribution in [0.15, 0.2) is 29.2 Å². The second-order valence-corrected chi connectivity index (χ2v) is 7.92. The van der Waals surface area contributed by atoms with Gasteiger partial charge in [-0.2, -0.15) is 5.26 Å². The van der Waals surface area contributed by atoms with Gasteiger partial charge in [0, 0.05) is 0 Å². The summed E-state index contributed by atoms with van der Waals surface area (Å²) >= 11 is 0. The Bertz CT molecular complexity index is 821. The van der Waals surface area contributed by atoms with E-state index in [1.54, 1.807) is 0 Å². The number of hydrogen-bond acceptors (Lipinski definition) is 6. The number of nitriles is 1. The normalized spacial score (nSPS) is 17.6. The van der Waals surface area contributed by atoms with Gasteiger partial charge in [0.2, 0.25) is 10.0 Å². The maximum Gasteiger partial charge on any atom is 0.338 e. The molecule has 1 fully saturated rings. The van der Waals surface area contributed by atoms with Crippen LogP contribution >= 0.6 is 0 Å². The molecule has 1 aromatic rings. The smallest absolute Gasteiger partial charge is 0.338 e. The lowest BCUT2D eigenvalue weighted by molar-refractivity contribution is -0.130. The number of rotatable bonds is 5. The Hall–Kier alpha value is -2.44. The van der Waals surface area contributed by atoms with Crippen LogP contribution in [0.1, 0.15) is 49.4 Å². The summed E-state index contributed by atoms with van der Waals surface area (Å²) in [5, 5.41) is 17.1. The second-order valence-electron chi connectivity index (χ2n) is 6.36. The number of esters is 1. The van der Waals surface area contributed by atoms with Crippen LogP contribution in [0.25, 0.3) is 0 Å². The zero-order valence-corrected chi connectivity index (χ0v) is 15.2. The van der Waals surface area contributed by atoms with Gasteiger partial charge in [0.15, 0.2) is 6.10 Å². The van der Waals surface area contributed by atoms with Crippen molar-refractivity contribution < 1.29 is 22.7 Å². The van der Waals surface area contributed by atoms with E-state index >= 15 is 0 Å². The average Bonchev–Trinajstić information content (AvgIpc) is 2.61. The maximum absolute atomic E-state index is 12.3. The summed E-state index contributed by atoms with van der Waals surface area (Å²) in [4.78, 5) is 24.3. The van der Waals surface area contributed by atoms with E-state index in [0.29, 0.717) is 12.8 Å². The number of nitrogens with one attached hydrogen (secondary N) is 1. The average molecular weight is 379 g/mol. The molecule has 0 spiro atoms. The topological polar surface area (TPSA) is 139 Å². The van der Waals surface area contributed by atoms with Crippen molar-refractivity contribution >= 4 is 21.9 Å². The number of carbonyl (C=O) groups is 2. The van der Waals surface area contributed by atoms with Crippen molar-refractivity contribution in [2.45, 2.75) is 55.6 Å². The molecule has 1 aliphatic rings. The lowest BCUT2D eigenvalue weighted by atomic mass is 9.83. The lowest BCUT2D eigenvalue weighted by Gasteiger charge is -2.32. The van der Waals surface area contributed by atoms with E-state index in [0.717, 1.165) is 19.3 Å². The quantitative estimate of drug-likeness (QED) is 0.737. The minimum Gasteiger partial charge on any atom is -0.449 e. The molecule has 26 heavy (non-hydrogen) atoms. The van der Waals surface area contributed by atoms with E-state index in [-0.39, 0.29) is 10.5 Å². The fourth-order valence-electron chi connectivity index (χ4n) is 2.82. The molecule has 1 saturated carbocycles. The first-order valence-electron chi connectivity index (χ1n) is 8.24. The Morgan fingerprint density at radius 3 is 2.31 bits per heavy atom. The van der Waals surface area contributed by atoms with E-state index in [4.69, 9.17) is 9.88 Å². The van der Waals surface area contributed by atoms with Crippen molar-refractivity contribution in [2.75, 3.05) is 0 Å². The predicted molar refractivity (Wildman–Crippen MR) is 92.3 cm³/mol. The van der Waals surface area contributed by atoms with E-state index < -0.39 is 33.5 Å². The van der Waals surface area contributed by atoms with Crippen LogP contribution in [0.3, 0.4) is 0 Å². The molecule has 0 saturated heterocycles. The molecule has 1 aromatic carbocycles. The zero-order valence-electron chi connectivity index (χ0n) is 14.4. The van der Waals surface area contributed by atoms with Crippen molar-refractivity contribution in [3.05, 3.63) is 29.8 Å². The van der Waals surface area contributed by atoms with E-state index in [9.17, 15) is 23.3 Å². The van der Waals surface area contributed by atoms with Gasteiger partial charge < -0.3 is 10.1 Å². The third-order valence-electron chi connectivity index (χ3n) is 4.36. The molecular weight excluding hydrogens is 358 g/mol. The number of nitrogens with two attached hydrogens (primary N) is 1.